The largest absolute Gasteiger partial charge is 0.328 e. The second-order valence-electron chi connectivity index (χ2n) is 5.30. The molecular weight excluding hydrogens is 379 g/mol. The number of benzene rings is 1. The van der Waals surface area contributed by atoms with Gasteiger partial charge in [0.25, 0.3) is 11.5 Å². The van der Waals surface area contributed by atoms with Gasteiger partial charge in [-0.1, -0.05) is 29.3 Å². The second kappa shape index (κ2) is 7.55. The molecule has 3 aromatic rings. The summed E-state index contributed by atoms with van der Waals surface area (Å²) in [6.07, 6.45) is 2.63. The Balaban J connectivity index is 1.91. The highest BCUT2D eigenvalue weighted by Crippen LogP contribution is 2.25. The van der Waals surface area contributed by atoms with E-state index in [9.17, 15) is 14.4 Å². The third-order valence-electron chi connectivity index (χ3n) is 3.53. The van der Waals surface area contributed by atoms with E-state index >= 15 is 0 Å². The van der Waals surface area contributed by atoms with Crippen molar-refractivity contribution in [1.29, 1.82) is 0 Å². The van der Waals surface area contributed by atoms with E-state index in [2.05, 4.69) is 15.3 Å². The van der Waals surface area contributed by atoms with Crippen LogP contribution in [0.3, 0.4) is 0 Å². The van der Waals surface area contributed by atoms with Crippen LogP contribution in [0.25, 0.3) is 0 Å². The molecule has 7 nitrogen and oxygen atoms in total. The number of nitrogens with one attached hydrogen (secondary N) is 2. The highest BCUT2D eigenvalue weighted by Gasteiger charge is 2.16. The first-order chi connectivity index (χ1) is 12.5. The third kappa shape index (κ3) is 3.84. The van der Waals surface area contributed by atoms with Crippen molar-refractivity contribution < 1.29 is 4.79 Å². The summed E-state index contributed by atoms with van der Waals surface area (Å²) in [5, 5.41) is 3.15. The van der Waals surface area contributed by atoms with Crippen LogP contribution < -0.4 is 16.6 Å². The van der Waals surface area contributed by atoms with E-state index in [4.69, 9.17) is 23.2 Å². The molecule has 0 aliphatic heterocycles. The molecule has 0 saturated carbocycles. The highest BCUT2D eigenvalue weighted by atomic mass is 35.5. The third-order valence-corrected chi connectivity index (χ3v) is 4.27. The normalized spacial score (nSPS) is 10.5. The zero-order valence-corrected chi connectivity index (χ0v) is 14.7. The molecule has 0 aliphatic carbocycles. The Morgan fingerprint density at radius 1 is 1.15 bits per heavy atom. The zero-order valence-electron chi connectivity index (χ0n) is 13.2. The predicted octanol–water partition coefficient (Wildman–Crippen LogP) is 2.54. The summed E-state index contributed by atoms with van der Waals surface area (Å²) in [5.74, 6) is -0.681. The number of hydrogen-bond donors (Lipinski definition) is 2. The Morgan fingerprint density at radius 3 is 2.65 bits per heavy atom. The van der Waals surface area contributed by atoms with Crippen molar-refractivity contribution in [3.63, 3.8) is 0 Å². The van der Waals surface area contributed by atoms with Crippen molar-refractivity contribution in [2.45, 2.75) is 6.54 Å². The summed E-state index contributed by atoms with van der Waals surface area (Å²) in [6.45, 7) is -0.0527. The number of aromatic nitrogens is 3. The molecule has 1 amide bonds. The summed E-state index contributed by atoms with van der Waals surface area (Å²) < 4.78 is 0.909. The van der Waals surface area contributed by atoms with Gasteiger partial charge in [0.15, 0.2) is 0 Å². The number of anilines is 1. The number of amides is 1. The average Bonchev–Trinajstić information content (AvgIpc) is 2.62. The van der Waals surface area contributed by atoms with Gasteiger partial charge in [-0.15, -0.1) is 0 Å². The average molecular weight is 391 g/mol. The number of pyridine rings is 1. The van der Waals surface area contributed by atoms with Crippen molar-refractivity contribution in [2.24, 2.45) is 0 Å². The first kappa shape index (κ1) is 17.9. The Labute approximate surface area is 157 Å². The van der Waals surface area contributed by atoms with Crippen LogP contribution in [0.2, 0.25) is 10.0 Å². The van der Waals surface area contributed by atoms with E-state index in [1.807, 2.05) is 0 Å². The van der Waals surface area contributed by atoms with E-state index in [1.54, 1.807) is 30.5 Å². The van der Waals surface area contributed by atoms with Crippen molar-refractivity contribution in [2.75, 3.05) is 5.32 Å². The van der Waals surface area contributed by atoms with Gasteiger partial charge in [-0.3, -0.25) is 19.1 Å². The molecule has 0 saturated heterocycles. The Bertz CT molecular complexity index is 1080. The summed E-state index contributed by atoms with van der Waals surface area (Å²) in [6, 6.07) is 9.66. The number of carbonyl (C=O) groups is 1. The molecule has 0 unspecified atom stereocenters. The molecule has 2 aromatic heterocycles. The maximum Gasteiger partial charge on any atom is 0.328 e. The minimum Gasteiger partial charge on any atom is -0.322 e. The standard InChI is InChI=1S/C17H12Cl2N4O3/c18-13-5-4-10(7-14(13)19)22-15(24)12-8-21-17(26)23(16(12)25)9-11-3-1-2-6-20-11/h1-8H,9H2,(H,21,26)(H,22,24). The van der Waals surface area contributed by atoms with Crippen LogP contribution in [0.1, 0.15) is 16.1 Å². The number of nitrogens with zero attached hydrogens (tertiary/aromatic N) is 2. The van der Waals surface area contributed by atoms with Gasteiger partial charge in [0.1, 0.15) is 5.56 Å². The highest BCUT2D eigenvalue weighted by molar-refractivity contribution is 6.42. The van der Waals surface area contributed by atoms with Gasteiger partial charge in [0, 0.05) is 18.1 Å². The van der Waals surface area contributed by atoms with Gasteiger partial charge in [-0.2, -0.15) is 0 Å². The van der Waals surface area contributed by atoms with E-state index in [1.165, 1.54) is 12.1 Å². The molecule has 0 radical (unpaired) electrons. The van der Waals surface area contributed by atoms with Crippen LogP contribution in [-0.4, -0.2) is 20.4 Å². The van der Waals surface area contributed by atoms with Gasteiger partial charge in [0.05, 0.1) is 22.3 Å². The summed E-state index contributed by atoms with van der Waals surface area (Å²) in [5.41, 5.74) is -0.691. The fourth-order valence-corrected chi connectivity index (χ4v) is 2.54. The number of rotatable bonds is 4. The minimum absolute atomic E-state index is 0.0527. The molecule has 2 heterocycles. The van der Waals surface area contributed by atoms with Crippen molar-refractivity contribution in [3.05, 3.63) is 90.9 Å². The van der Waals surface area contributed by atoms with Gasteiger partial charge >= 0.3 is 5.69 Å². The first-order valence-corrected chi connectivity index (χ1v) is 8.20. The van der Waals surface area contributed by atoms with Crippen LogP contribution in [0.5, 0.6) is 0 Å². The van der Waals surface area contributed by atoms with E-state index in [-0.39, 0.29) is 17.1 Å². The second-order valence-corrected chi connectivity index (χ2v) is 6.12. The topological polar surface area (TPSA) is 96.8 Å². The SMILES string of the molecule is O=C(Nc1ccc(Cl)c(Cl)c1)c1c[nH]c(=O)n(Cc2ccccn2)c1=O. The zero-order chi connectivity index (χ0) is 18.7. The Hall–Kier alpha value is -2.90. The van der Waals surface area contributed by atoms with Gasteiger partial charge in [0.2, 0.25) is 0 Å². The van der Waals surface area contributed by atoms with E-state index in [0.717, 1.165) is 10.8 Å². The molecule has 0 spiro atoms. The molecule has 0 aliphatic rings. The lowest BCUT2D eigenvalue weighted by atomic mass is 10.2. The smallest absolute Gasteiger partial charge is 0.322 e. The molecule has 0 bridgehead atoms. The monoisotopic (exact) mass is 390 g/mol. The van der Waals surface area contributed by atoms with Gasteiger partial charge in [-0.25, -0.2) is 4.79 Å². The summed E-state index contributed by atoms with van der Waals surface area (Å²) in [7, 11) is 0. The fraction of sp³-hybridized carbons (Fsp3) is 0.0588. The van der Waals surface area contributed by atoms with Crippen molar-refractivity contribution in [3.8, 4) is 0 Å². The predicted molar refractivity (Wildman–Crippen MR) is 99.1 cm³/mol. The van der Waals surface area contributed by atoms with Crippen LogP contribution in [-0.2, 0) is 6.54 Å². The Kier molecular flexibility index (Phi) is 5.20. The van der Waals surface area contributed by atoms with Gasteiger partial charge < -0.3 is 10.3 Å². The summed E-state index contributed by atoms with van der Waals surface area (Å²) >= 11 is 11.7. The molecule has 132 valence electrons. The lowest BCUT2D eigenvalue weighted by Gasteiger charge is -2.08. The van der Waals surface area contributed by atoms with Crippen molar-refractivity contribution >= 4 is 34.8 Å². The van der Waals surface area contributed by atoms with E-state index < -0.39 is 17.2 Å². The number of aromatic amines is 1. The molecule has 9 heteroatoms. The summed E-state index contributed by atoms with van der Waals surface area (Å²) in [4.78, 5) is 43.4. The molecular formula is C17H12Cl2N4O3. The molecule has 26 heavy (non-hydrogen) atoms. The van der Waals surface area contributed by atoms with E-state index in [0.29, 0.717) is 16.4 Å². The number of carbonyl (C=O) groups excluding carboxylic acids is 1. The lowest BCUT2D eigenvalue weighted by molar-refractivity contribution is 0.102. The molecule has 1 aromatic carbocycles. The molecule has 0 atom stereocenters. The van der Waals surface area contributed by atoms with Crippen molar-refractivity contribution in [1.82, 2.24) is 14.5 Å². The minimum atomic E-state index is -0.725. The maximum absolute atomic E-state index is 12.6. The number of halogens is 2. The first-order valence-electron chi connectivity index (χ1n) is 7.44. The number of hydrogen-bond acceptors (Lipinski definition) is 4. The fourth-order valence-electron chi connectivity index (χ4n) is 2.24. The van der Waals surface area contributed by atoms with Crippen LogP contribution in [0.4, 0.5) is 5.69 Å². The lowest BCUT2D eigenvalue weighted by Crippen LogP contribution is -2.39. The van der Waals surface area contributed by atoms with Crippen LogP contribution in [0, 0.1) is 0 Å². The quantitative estimate of drug-likeness (QED) is 0.714. The molecule has 3 rings (SSSR count). The Morgan fingerprint density at radius 2 is 1.96 bits per heavy atom. The number of H-pyrrole nitrogens is 1. The maximum atomic E-state index is 12.6. The van der Waals surface area contributed by atoms with Crippen LogP contribution >= 0.6 is 23.2 Å². The molecule has 0 fully saturated rings. The van der Waals surface area contributed by atoms with Gasteiger partial charge in [-0.05, 0) is 30.3 Å². The van der Waals surface area contributed by atoms with Crippen LogP contribution in [0.15, 0.2) is 58.4 Å². The molecule has 2 N–H and O–H groups in total.